The smallest absolute Gasteiger partial charge is 0.291 e. The highest BCUT2D eigenvalue weighted by atomic mass is 16.5. The molecule has 0 atom stereocenters. The number of nitrogens with one attached hydrogen (secondary N) is 2. The molecule has 0 unspecified atom stereocenters. The minimum atomic E-state index is -0.375. The summed E-state index contributed by atoms with van der Waals surface area (Å²) in [7, 11) is 0. The van der Waals surface area contributed by atoms with Crippen LogP contribution in [0.5, 0.6) is 11.5 Å². The van der Waals surface area contributed by atoms with Crippen LogP contribution in [0, 0.1) is 6.92 Å². The SMILES string of the molecule is Cc1ccc(C(=O)Nc2ccc(Oc3ccccc3)cc2)cc1NC(=O)c1ccco1. The summed E-state index contributed by atoms with van der Waals surface area (Å²) in [6, 6.07) is 24.9. The summed E-state index contributed by atoms with van der Waals surface area (Å²) in [6.45, 7) is 1.85. The third kappa shape index (κ3) is 5.00. The zero-order chi connectivity index (χ0) is 21.6. The van der Waals surface area contributed by atoms with E-state index in [-0.39, 0.29) is 17.6 Å². The molecule has 6 nitrogen and oxygen atoms in total. The van der Waals surface area contributed by atoms with Gasteiger partial charge in [0.15, 0.2) is 5.76 Å². The van der Waals surface area contributed by atoms with Crippen molar-refractivity contribution >= 4 is 23.2 Å². The molecule has 31 heavy (non-hydrogen) atoms. The third-order valence-electron chi connectivity index (χ3n) is 4.58. The van der Waals surface area contributed by atoms with Gasteiger partial charge in [0, 0.05) is 16.9 Å². The Hall–Kier alpha value is -4.32. The Labute approximate surface area is 179 Å². The maximum Gasteiger partial charge on any atom is 0.291 e. The van der Waals surface area contributed by atoms with Crippen molar-refractivity contribution in [3.05, 3.63) is 108 Å². The van der Waals surface area contributed by atoms with Crippen LogP contribution in [0.15, 0.2) is 95.6 Å². The number of anilines is 2. The van der Waals surface area contributed by atoms with E-state index in [1.54, 1.807) is 54.6 Å². The average Bonchev–Trinajstić information content (AvgIpc) is 3.32. The van der Waals surface area contributed by atoms with Crippen molar-refractivity contribution in [1.82, 2.24) is 0 Å². The largest absolute Gasteiger partial charge is 0.459 e. The molecule has 4 aromatic rings. The Morgan fingerprint density at radius 3 is 2.23 bits per heavy atom. The number of para-hydroxylation sites is 1. The van der Waals surface area contributed by atoms with E-state index in [1.807, 2.05) is 37.3 Å². The molecule has 0 radical (unpaired) electrons. The fourth-order valence-corrected chi connectivity index (χ4v) is 2.92. The molecule has 0 saturated heterocycles. The maximum atomic E-state index is 12.7. The van der Waals surface area contributed by atoms with E-state index < -0.39 is 0 Å². The number of amides is 2. The van der Waals surface area contributed by atoms with Crippen molar-refractivity contribution in [3.63, 3.8) is 0 Å². The van der Waals surface area contributed by atoms with Crippen LogP contribution in [0.4, 0.5) is 11.4 Å². The molecule has 0 fully saturated rings. The first-order chi connectivity index (χ1) is 15.1. The topological polar surface area (TPSA) is 80.6 Å². The Kier molecular flexibility index (Phi) is 5.80. The van der Waals surface area contributed by atoms with Gasteiger partial charge in [-0.3, -0.25) is 9.59 Å². The quantitative estimate of drug-likeness (QED) is 0.414. The van der Waals surface area contributed by atoms with Gasteiger partial charge in [-0.1, -0.05) is 24.3 Å². The zero-order valence-electron chi connectivity index (χ0n) is 16.8. The molecular weight excluding hydrogens is 392 g/mol. The highest BCUT2D eigenvalue weighted by Gasteiger charge is 2.13. The summed E-state index contributed by atoms with van der Waals surface area (Å²) in [5.74, 6) is 0.947. The standard InChI is InChI=1S/C25H20N2O4/c1-17-9-10-18(16-22(17)27-25(29)23-8-5-15-30-23)24(28)26-19-11-13-21(14-12-19)31-20-6-3-2-4-7-20/h2-16H,1H3,(H,26,28)(H,27,29). The van der Waals surface area contributed by atoms with E-state index in [0.717, 1.165) is 11.3 Å². The van der Waals surface area contributed by atoms with E-state index in [2.05, 4.69) is 10.6 Å². The van der Waals surface area contributed by atoms with Gasteiger partial charge in [-0.05, 0) is 73.2 Å². The predicted octanol–water partition coefficient (Wildman–Crippen LogP) is 5.88. The molecule has 154 valence electrons. The molecule has 0 saturated carbocycles. The van der Waals surface area contributed by atoms with Gasteiger partial charge in [0.1, 0.15) is 11.5 Å². The predicted molar refractivity (Wildman–Crippen MR) is 119 cm³/mol. The second kappa shape index (κ2) is 9.00. The molecule has 2 N–H and O–H groups in total. The summed E-state index contributed by atoms with van der Waals surface area (Å²) in [5, 5.41) is 5.62. The second-order valence-electron chi connectivity index (χ2n) is 6.85. The zero-order valence-corrected chi connectivity index (χ0v) is 16.8. The fraction of sp³-hybridized carbons (Fsp3) is 0.0400. The van der Waals surface area contributed by atoms with Gasteiger partial charge in [0.2, 0.25) is 0 Å². The van der Waals surface area contributed by atoms with Crippen LogP contribution < -0.4 is 15.4 Å². The lowest BCUT2D eigenvalue weighted by Gasteiger charge is -2.11. The van der Waals surface area contributed by atoms with Crippen LogP contribution in [-0.4, -0.2) is 11.8 Å². The molecule has 0 spiro atoms. The molecule has 0 aliphatic carbocycles. The first-order valence-electron chi connectivity index (χ1n) is 9.68. The minimum Gasteiger partial charge on any atom is -0.459 e. The molecule has 0 aliphatic rings. The number of carbonyl (C=O) groups is 2. The number of hydrogen-bond donors (Lipinski definition) is 2. The van der Waals surface area contributed by atoms with Gasteiger partial charge in [-0.25, -0.2) is 0 Å². The van der Waals surface area contributed by atoms with Gasteiger partial charge >= 0.3 is 0 Å². The number of rotatable bonds is 6. The lowest BCUT2D eigenvalue weighted by molar-refractivity contribution is 0.0993. The molecule has 4 rings (SSSR count). The van der Waals surface area contributed by atoms with Gasteiger partial charge < -0.3 is 19.8 Å². The van der Waals surface area contributed by atoms with Crippen molar-refractivity contribution in [2.24, 2.45) is 0 Å². The van der Waals surface area contributed by atoms with Crippen LogP contribution in [0.3, 0.4) is 0 Å². The molecule has 6 heteroatoms. The lowest BCUT2D eigenvalue weighted by atomic mass is 10.1. The van der Waals surface area contributed by atoms with Gasteiger partial charge in [0.25, 0.3) is 11.8 Å². The summed E-state index contributed by atoms with van der Waals surface area (Å²) >= 11 is 0. The number of ether oxygens (including phenoxy) is 1. The Morgan fingerprint density at radius 1 is 0.774 bits per heavy atom. The normalized spacial score (nSPS) is 10.4. The molecule has 0 aliphatic heterocycles. The monoisotopic (exact) mass is 412 g/mol. The molecule has 2 amide bonds. The van der Waals surface area contributed by atoms with Crippen LogP contribution in [-0.2, 0) is 0 Å². The maximum absolute atomic E-state index is 12.7. The molecule has 3 aromatic carbocycles. The minimum absolute atomic E-state index is 0.201. The summed E-state index contributed by atoms with van der Waals surface area (Å²) in [5.41, 5.74) is 2.43. The third-order valence-corrected chi connectivity index (χ3v) is 4.58. The van der Waals surface area contributed by atoms with Crippen LogP contribution >= 0.6 is 0 Å². The van der Waals surface area contributed by atoms with Gasteiger partial charge in [-0.2, -0.15) is 0 Å². The Bertz CT molecular complexity index is 1180. The van der Waals surface area contributed by atoms with Crippen molar-refractivity contribution < 1.29 is 18.7 Å². The summed E-state index contributed by atoms with van der Waals surface area (Å²) in [4.78, 5) is 24.9. The molecule has 1 aromatic heterocycles. The number of furan rings is 1. The van der Waals surface area contributed by atoms with Crippen molar-refractivity contribution in [2.45, 2.75) is 6.92 Å². The number of carbonyl (C=O) groups excluding carboxylic acids is 2. The van der Waals surface area contributed by atoms with Crippen LogP contribution in [0.1, 0.15) is 26.5 Å². The van der Waals surface area contributed by atoms with E-state index in [9.17, 15) is 9.59 Å². The van der Waals surface area contributed by atoms with E-state index in [1.165, 1.54) is 6.26 Å². The van der Waals surface area contributed by atoms with Gasteiger partial charge in [0.05, 0.1) is 6.26 Å². The molecule has 0 bridgehead atoms. The molecule has 1 heterocycles. The lowest BCUT2D eigenvalue weighted by Crippen LogP contribution is -2.15. The summed E-state index contributed by atoms with van der Waals surface area (Å²) < 4.78 is 10.9. The average molecular weight is 412 g/mol. The number of hydrogen-bond acceptors (Lipinski definition) is 4. The molecular formula is C25H20N2O4. The van der Waals surface area contributed by atoms with E-state index >= 15 is 0 Å². The van der Waals surface area contributed by atoms with Crippen molar-refractivity contribution in [2.75, 3.05) is 10.6 Å². The van der Waals surface area contributed by atoms with Crippen LogP contribution in [0.25, 0.3) is 0 Å². The van der Waals surface area contributed by atoms with Crippen LogP contribution in [0.2, 0.25) is 0 Å². The van der Waals surface area contributed by atoms with Crippen molar-refractivity contribution in [3.8, 4) is 11.5 Å². The Morgan fingerprint density at radius 2 is 1.52 bits per heavy atom. The van der Waals surface area contributed by atoms with Crippen molar-refractivity contribution in [1.29, 1.82) is 0 Å². The number of benzene rings is 3. The first-order valence-corrected chi connectivity index (χ1v) is 9.68. The number of aryl methyl sites for hydroxylation is 1. The van der Waals surface area contributed by atoms with E-state index in [4.69, 9.17) is 9.15 Å². The van der Waals surface area contributed by atoms with Gasteiger partial charge in [-0.15, -0.1) is 0 Å². The van der Waals surface area contributed by atoms with E-state index in [0.29, 0.717) is 22.7 Å². The summed E-state index contributed by atoms with van der Waals surface area (Å²) in [6.07, 6.45) is 1.43. The Balaban J connectivity index is 1.43. The highest BCUT2D eigenvalue weighted by Crippen LogP contribution is 2.24. The fourth-order valence-electron chi connectivity index (χ4n) is 2.92. The second-order valence-corrected chi connectivity index (χ2v) is 6.85. The highest BCUT2D eigenvalue weighted by molar-refractivity contribution is 6.07. The first kappa shape index (κ1) is 20.0.